The molecule has 64 valence electrons. The van der Waals surface area contributed by atoms with Crippen LogP contribution in [-0.4, -0.2) is 0 Å². The van der Waals surface area contributed by atoms with Gasteiger partial charge in [0.2, 0.25) is 0 Å². The summed E-state index contributed by atoms with van der Waals surface area (Å²) in [6.45, 7) is 0. The Kier molecular flexibility index (Phi) is 2.61. The summed E-state index contributed by atoms with van der Waals surface area (Å²) in [6, 6.07) is 11.2. The van der Waals surface area contributed by atoms with E-state index < -0.39 is 0 Å². The highest BCUT2D eigenvalue weighted by molar-refractivity contribution is 5.32. The Hall–Kier alpha value is -1.30. The van der Waals surface area contributed by atoms with Gasteiger partial charge in [0.1, 0.15) is 0 Å². The van der Waals surface area contributed by atoms with Gasteiger partial charge in [0, 0.05) is 0 Å². The number of hydrogen-bond donors (Lipinski definition) is 0. The minimum Gasteiger partial charge on any atom is -0.0804 e. The van der Waals surface area contributed by atoms with Crippen molar-refractivity contribution in [2.75, 3.05) is 0 Å². The van der Waals surface area contributed by atoms with Crippen molar-refractivity contribution >= 4 is 0 Å². The molecule has 1 aromatic carbocycles. The molecule has 0 nitrogen and oxygen atoms in total. The van der Waals surface area contributed by atoms with E-state index in [0.717, 1.165) is 12.8 Å². The smallest absolute Gasteiger partial charge is 0.00290 e. The van der Waals surface area contributed by atoms with E-state index in [4.69, 9.17) is 0 Å². The van der Waals surface area contributed by atoms with Gasteiger partial charge in [0.25, 0.3) is 0 Å². The monoisotopic (exact) mass is 168 g/mol. The maximum atomic E-state index is 3.03. The Bertz CT molecular complexity index is 317. The van der Waals surface area contributed by atoms with Crippen LogP contribution in [0.3, 0.4) is 0 Å². The quantitative estimate of drug-likeness (QED) is 0.636. The van der Waals surface area contributed by atoms with Crippen LogP contribution in [0.1, 0.15) is 12.0 Å². The van der Waals surface area contributed by atoms with Gasteiger partial charge in [0.05, 0.1) is 0 Å². The molecule has 0 heterocycles. The van der Waals surface area contributed by atoms with Gasteiger partial charge in [-0.05, 0) is 36.5 Å². The van der Waals surface area contributed by atoms with Gasteiger partial charge in [-0.2, -0.15) is 0 Å². The lowest BCUT2D eigenvalue weighted by Crippen LogP contribution is -1.90. The number of rotatable bonds is 2. The van der Waals surface area contributed by atoms with E-state index in [2.05, 4.69) is 42.8 Å². The Morgan fingerprint density at radius 3 is 2.77 bits per heavy atom. The Morgan fingerprint density at radius 2 is 2.08 bits per heavy atom. The van der Waals surface area contributed by atoms with Crippen molar-refractivity contribution in [1.82, 2.24) is 0 Å². The Labute approximate surface area is 79.6 Å². The van der Waals surface area contributed by atoms with E-state index in [1.807, 2.05) is 12.1 Å². The summed E-state index contributed by atoms with van der Waals surface area (Å²) < 4.78 is 0. The van der Waals surface area contributed by atoms with E-state index in [9.17, 15) is 0 Å². The van der Waals surface area contributed by atoms with E-state index in [-0.39, 0.29) is 0 Å². The fraction of sp³-hybridized carbons (Fsp3) is 0.154. The SMILES string of the molecule is [c]1ccc(CC2=CC[CH]C=C2)cc1. The molecule has 0 heteroatoms. The molecular formula is C13H12. The lowest BCUT2D eigenvalue weighted by atomic mass is 10.00. The zero-order valence-electron chi connectivity index (χ0n) is 7.53. The molecule has 0 bridgehead atoms. The third-order valence-electron chi connectivity index (χ3n) is 2.16. The van der Waals surface area contributed by atoms with Crippen LogP contribution < -0.4 is 0 Å². The highest BCUT2D eigenvalue weighted by Crippen LogP contribution is 2.14. The van der Waals surface area contributed by atoms with Gasteiger partial charge in [-0.3, -0.25) is 0 Å². The van der Waals surface area contributed by atoms with Gasteiger partial charge in [-0.25, -0.2) is 0 Å². The molecule has 0 aromatic heterocycles. The largest absolute Gasteiger partial charge is 0.0804 e. The zero-order chi connectivity index (χ0) is 8.93. The highest BCUT2D eigenvalue weighted by atomic mass is 14.0. The van der Waals surface area contributed by atoms with Crippen molar-refractivity contribution in [2.24, 2.45) is 0 Å². The summed E-state index contributed by atoms with van der Waals surface area (Å²) in [6.07, 6.45) is 10.9. The number of allylic oxidation sites excluding steroid dienone is 4. The highest BCUT2D eigenvalue weighted by Gasteiger charge is 1.98. The third kappa shape index (κ3) is 2.32. The Balaban J connectivity index is 2.06. The molecule has 1 aliphatic carbocycles. The van der Waals surface area contributed by atoms with Crippen LogP contribution >= 0.6 is 0 Å². The van der Waals surface area contributed by atoms with Crippen molar-refractivity contribution < 1.29 is 0 Å². The van der Waals surface area contributed by atoms with Crippen molar-refractivity contribution in [1.29, 1.82) is 0 Å². The number of hydrogen-bond acceptors (Lipinski definition) is 0. The molecule has 0 saturated heterocycles. The maximum absolute atomic E-state index is 3.03. The molecule has 1 aliphatic rings. The normalized spacial score (nSPS) is 15.5. The first-order valence-corrected chi connectivity index (χ1v) is 4.59. The second-order valence-corrected chi connectivity index (χ2v) is 3.19. The van der Waals surface area contributed by atoms with Crippen molar-refractivity contribution in [3.8, 4) is 0 Å². The van der Waals surface area contributed by atoms with Crippen molar-refractivity contribution in [3.63, 3.8) is 0 Å². The molecule has 2 rings (SSSR count). The first-order valence-electron chi connectivity index (χ1n) is 4.59. The molecule has 0 saturated carbocycles. The summed E-state index contributed by atoms with van der Waals surface area (Å²) in [4.78, 5) is 0. The standard InChI is InChI=1S/C13H12/c1-3-7-12(8-4-1)11-13-9-5-2-6-10-13/h1,3,5-10H,4,11H2. The molecule has 1 aromatic rings. The molecule has 0 amide bonds. The molecular weight excluding hydrogens is 156 g/mol. The second-order valence-electron chi connectivity index (χ2n) is 3.19. The fourth-order valence-electron chi connectivity index (χ4n) is 1.46. The van der Waals surface area contributed by atoms with Crippen molar-refractivity contribution in [2.45, 2.75) is 12.8 Å². The minimum atomic E-state index is 1.04. The van der Waals surface area contributed by atoms with Gasteiger partial charge < -0.3 is 0 Å². The summed E-state index contributed by atoms with van der Waals surface area (Å²) >= 11 is 0. The van der Waals surface area contributed by atoms with Gasteiger partial charge in [-0.15, -0.1) is 0 Å². The van der Waals surface area contributed by atoms with E-state index in [1.54, 1.807) is 0 Å². The van der Waals surface area contributed by atoms with Crippen molar-refractivity contribution in [3.05, 3.63) is 66.1 Å². The Morgan fingerprint density at radius 1 is 1.23 bits per heavy atom. The fourth-order valence-corrected chi connectivity index (χ4v) is 1.46. The first-order chi connectivity index (χ1) is 6.45. The van der Waals surface area contributed by atoms with E-state index in [0.29, 0.717) is 0 Å². The number of benzene rings is 1. The molecule has 2 radical (unpaired) electrons. The average molecular weight is 168 g/mol. The van der Waals surface area contributed by atoms with E-state index in [1.165, 1.54) is 11.1 Å². The predicted molar refractivity (Wildman–Crippen MR) is 55.1 cm³/mol. The summed E-state index contributed by atoms with van der Waals surface area (Å²) in [7, 11) is 0. The van der Waals surface area contributed by atoms with Crippen LogP contribution in [0.2, 0.25) is 0 Å². The average Bonchev–Trinajstić information content (AvgIpc) is 2.21. The van der Waals surface area contributed by atoms with Gasteiger partial charge in [-0.1, -0.05) is 42.5 Å². The van der Waals surface area contributed by atoms with Crippen LogP contribution in [0, 0.1) is 12.5 Å². The van der Waals surface area contributed by atoms with Crippen LogP contribution in [0.5, 0.6) is 0 Å². The first kappa shape index (κ1) is 8.31. The van der Waals surface area contributed by atoms with E-state index >= 15 is 0 Å². The third-order valence-corrected chi connectivity index (χ3v) is 2.16. The van der Waals surface area contributed by atoms with Gasteiger partial charge in [0.15, 0.2) is 0 Å². The molecule has 0 spiro atoms. The summed E-state index contributed by atoms with van der Waals surface area (Å²) in [5.74, 6) is 0. The van der Waals surface area contributed by atoms with Crippen LogP contribution in [0.4, 0.5) is 0 Å². The lowest BCUT2D eigenvalue weighted by molar-refractivity contribution is 1.12. The summed E-state index contributed by atoms with van der Waals surface area (Å²) in [5, 5.41) is 0. The maximum Gasteiger partial charge on any atom is -0.00290 e. The molecule has 0 aliphatic heterocycles. The zero-order valence-corrected chi connectivity index (χ0v) is 7.53. The topological polar surface area (TPSA) is 0 Å². The summed E-state index contributed by atoms with van der Waals surface area (Å²) in [5.41, 5.74) is 2.77. The molecule has 13 heavy (non-hydrogen) atoms. The van der Waals surface area contributed by atoms with Crippen LogP contribution in [0.25, 0.3) is 0 Å². The molecule has 0 atom stereocenters. The molecule has 0 fully saturated rings. The molecule has 0 unspecified atom stereocenters. The molecule has 0 N–H and O–H groups in total. The minimum absolute atomic E-state index is 1.04. The predicted octanol–water partition coefficient (Wildman–Crippen LogP) is 3.12. The van der Waals surface area contributed by atoms with Crippen LogP contribution in [0.15, 0.2) is 48.1 Å². The van der Waals surface area contributed by atoms with Crippen LogP contribution in [-0.2, 0) is 6.42 Å². The lowest BCUT2D eigenvalue weighted by Gasteiger charge is -2.06. The second kappa shape index (κ2) is 4.08. The van der Waals surface area contributed by atoms with Gasteiger partial charge >= 0.3 is 0 Å².